The van der Waals surface area contributed by atoms with E-state index in [0.717, 1.165) is 5.56 Å². The van der Waals surface area contributed by atoms with Crippen LogP contribution in [-0.4, -0.2) is 5.78 Å². The Morgan fingerprint density at radius 1 is 1.40 bits per heavy atom. The number of Topliss-reactive ketones (excluding diaryl/α,β-unsaturated/α-hetero) is 1. The SMILES string of the molecule is O=C(Cc1ccsc1)c1cc(Cl)sc1Cl. The van der Waals surface area contributed by atoms with E-state index in [-0.39, 0.29) is 5.78 Å². The van der Waals surface area contributed by atoms with Crippen LogP contribution in [0.4, 0.5) is 0 Å². The molecule has 1 nitrogen and oxygen atoms in total. The molecule has 0 N–H and O–H groups in total. The zero-order valence-corrected chi connectivity index (χ0v) is 10.6. The predicted molar refractivity (Wildman–Crippen MR) is 66.7 cm³/mol. The molecule has 2 aromatic heterocycles. The molecule has 0 saturated heterocycles. The molecule has 0 radical (unpaired) electrons. The summed E-state index contributed by atoms with van der Waals surface area (Å²) in [5.41, 5.74) is 1.54. The Morgan fingerprint density at radius 3 is 2.73 bits per heavy atom. The summed E-state index contributed by atoms with van der Waals surface area (Å²) >= 11 is 14.5. The quantitative estimate of drug-likeness (QED) is 0.753. The second-order valence-corrected chi connectivity index (χ2v) is 6.04. The van der Waals surface area contributed by atoms with Gasteiger partial charge in [0, 0.05) is 12.0 Å². The third-order valence-corrected chi connectivity index (χ3v) is 4.12. The van der Waals surface area contributed by atoms with E-state index in [1.165, 1.54) is 11.3 Å². The molecule has 0 aliphatic carbocycles. The van der Waals surface area contributed by atoms with E-state index in [2.05, 4.69) is 0 Å². The van der Waals surface area contributed by atoms with Gasteiger partial charge in [0.2, 0.25) is 0 Å². The maximum Gasteiger partial charge on any atom is 0.169 e. The Balaban J connectivity index is 2.18. The second-order valence-electron chi connectivity index (χ2n) is 2.97. The summed E-state index contributed by atoms with van der Waals surface area (Å²) in [6, 6.07) is 3.56. The van der Waals surface area contributed by atoms with Crippen LogP contribution >= 0.6 is 45.9 Å². The Bertz CT molecular complexity index is 474. The topological polar surface area (TPSA) is 17.1 Å². The van der Waals surface area contributed by atoms with Crippen LogP contribution in [0.5, 0.6) is 0 Å². The van der Waals surface area contributed by atoms with E-state index in [9.17, 15) is 4.79 Å². The Kier molecular flexibility index (Phi) is 3.46. The molecule has 2 rings (SSSR count). The summed E-state index contributed by atoms with van der Waals surface area (Å²) in [6.07, 6.45) is 0.385. The average molecular weight is 277 g/mol. The van der Waals surface area contributed by atoms with E-state index < -0.39 is 0 Å². The molecule has 0 saturated carbocycles. The van der Waals surface area contributed by atoms with Crippen LogP contribution in [0, 0.1) is 0 Å². The minimum Gasteiger partial charge on any atom is -0.294 e. The molecular weight excluding hydrogens is 271 g/mol. The van der Waals surface area contributed by atoms with E-state index in [0.29, 0.717) is 20.7 Å². The lowest BCUT2D eigenvalue weighted by Gasteiger charge is -1.96. The van der Waals surface area contributed by atoms with Crippen LogP contribution in [0.1, 0.15) is 15.9 Å². The number of rotatable bonds is 3. The van der Waals surface area contributed by atoms with E-state index in [1.807, 2.05) is 16.8 Å². The lowest BCUT2D eigenvalue weighted by atomic mass is 10.1. The van der Waals surface area contributed by atoms with E-state index >= 15 is 0 Å². The molecule has 0 unspecified atom stereocenters. The summed E-state index contributed by atoms with van der Waals surface area (Å²) in [7, 11) is 0. The van der Waals surface area contributed by atoms with Gasteiger partial charge in [-0.15, -0.1) is 11.3 Å². The molecule has 2 heterocycles. The van der Waals surface area contributed by atoms with Crippen LogP contribution < -0.4 is 0 Å². The van der Waals surface area contributed by atoms with E-state index in [1.54, 1.807) is 17.4 Å². The zero-order chi connectivity index (χ0) is 10.8. The van der Waals surface area contributed by atoms with Crippen LogP contribution in [0.3, 0.4) is 0 Å². The summed E-state index contributed by atoms with van der Waals surface area (Å²) in [5.74, 6) is 0.0153. The highest BCUT2D eigenvalue weighted by molar-refractivity contribution is 7.20. The van der Waals surface area contributed by atoms with E-state index in [4.69, 9.17) is 23.2 Å². The molecule has 5 heteroatoms. The number of halogens is 2. The van der Waals surface area contributed by atoms with Crippen molar-refractivity contribution in [3.63, 3.8) is 0 Å². The fraction of sp³-hybridized carbons (Fsp3) is 0.100. The van der Waals surface area contributed by atoms with Crippen molar-refractivity contribution in [1.29, 1.82) is 0 Å². The average Bonchev–Trinajstić information content (AvgIpc) is 2.75. The van der Waals surface area contributed by atoms with Crippen LogP contribution in [0.2, 0.25) is 8.67 Å². The summed E-state index contributed by atoms with van der Waals surface area (Å²) in [5, 5.41) is 3.91. The van der Waals surface area contributed by atoms with Gasteiger partial charge in [-0.1, -0.05) is 23.2 Å². The molecule has 0 fully saturated rings. The van der Waals surface area contributed by atoms with Crippen molar-refractivity contribution >= 4 is 51.7 Å². The molecule has 0 bridgehead atoms. The van der Waals surface area contributed by atoms with Gasteiger partial charge in [-0.3, -0.25) is 4.79 Å². The molecular formula is C10H6Cl2OS2. The van der Waals surface area contributed by atoms with Crippen molar-refractivity contribution in [2.75, 3.05) is 0 Å². The first-order valence-electron chi connectivity index (χ1n) is 4.16. The maximum atomic E-state index is 11.8. The lowest BCUT2D eigenvalue weighted by Crippen LogP contribution is -2.01. The highest BCUT2D eigenvalue weighted by Gasteiger charge is 2.14. The van der Waals surface area contributed by atoms with Crippen molar-refractivity contribution in [3.05, 3.63) is 42.7 Å². The largest absolute Gasteiger partial charge is 0.294 e. The smallest absolute Gasteiger partial charge is 0.169 e. The molecule has 0 aliphatic rings. The molecule has 15 heavy (non-hydrogen) atoms. The molecule has 2 aromatic rings. The Labute approximate surface area is 105 Å². The number of hydrogen-bond donors (Lipinski definition) is 0. The first-order chi connectivity index (χ1) is 7.16. The van der Waals surface area contributed by atoms with Crippen molar-refractivity contribution in [2.24, 2.45) is 0 Å². The van der Waals surface area contributed by atoms with Gasteiger partial charge in [0.15, 0.2) is 5.78 Å². The maximum absolute atomic E-state index is 11.8. The highest BCUT2D eigenvalue weighted by Crippen LogP contribution is 2.31. The third kappa shape index (κ3) is 2.61. The van der Waals surface area contributed by atoms with Gasteiger partial charge < -0.3 is 0 Å². The van der Waals surface area contributed by atoms with Gasteiger partial charge in [-0.2, -0.15) is 11.3 Å². The first kappa shape index (κ1) is 11.1. The zero-order valence-electron chi connectivity index (χ0n) is 7.50. The second kappa shape index (κ2) is 4.66. The third-order valence-electron chi connectivity index (χ3n) is 1.90. The first-order valence-corrected chi connectivity index (χ1v) is 6.67. The van der Waals surface area contributed by atoms with Gasteiger partial charge in [-0.05, 0) is 28.5 Å². The van der Waals surface area contributed by atoms with Gasteiger partial charge >= 0.3 is 0 Å². The van der Waals surface area contributed by atoms with Gasteiger partial charge in [0.05, 0.1) is 4.34 Å². The minimum absolute atomic E-state index is 0.0153. The van der Waals surface area contributed by atoms with Crippen LogP contribution in [0.15, 0.2) is 22.9 Å². The molecule has 0 aromatic carbocycles. The standard InChI is InChI=1S/C10H6Cl2OS2/c11-9-4-7(10(12)15-9)8(13)3-6-1-2-14-5-6/h1-2,4-5H,3H2. The fourth-order valence-electron chi connectivity index (χ4n) is 1.20. The molecule has 0 atom stereocenters. The number of ketones is 1. The summed E-state index contributed by atoms with van der Waals surface area (Å²) in [6.45, 7) is 0. The number of hydrogen-bond acceptors (Lipinski definition) is 3. The van der Waals surface area contributed by atoms with Crippen molar-refractivity contribution < 1.29 is 4.79 Å². The minimum atomic E-state index is 0.0153. The monoisotopic (exact) mass is 276 g/mol. The van der Waals surface area contributed by atoms with Crippen molar-refractivity contribution in [3.8, 4) is 0 Å². The van der Waals surface area contributed by atoms with Gasteiger partial charge in [-0.25, -0.2) is 0 Å². The summed E-state index contributed by atoms with van der Waals surface area (Å²) in [4.78, 5) is 11.8. The molecule has 0 amide bonds. The van der Waals surface area contributed by atoms with Crippen molar-refractivity contribution in [2.45, 2.75) is 6.42 Å². The Hall–Kier alpha value is -0.350. The number of carbonyl (C=O) groups excluding carboxylic acids is 1. The highest BCUT2D eigenvalue weighted by atomic mass is 35.5. The molecule has 0 spiro atoms. The normalized spacial score (nSPS) is 10.5. The number of carbonyl (C=O) groups is 1. The molecule has 0 aliphatic heterocycles. The van der Waals surface area contributed by atoms with Crippen LogP contribution in [-0.2, 0) is 6.42 Å². The van der Waals surface area contributed by atoms with Gasteiger partial charge in [0.1, 0.15) is 4.34 Å². The summed E-state index contributed by atoms with van der Waals surface area (Å²) < 4.78 is 1.02. The number of thiophene rings is 2. The van der Waals surface area contributed by atoms with Gasteiger partial charge in [0.25, 0.3) is 0 Å². The Morgan fingerprint density at radius 2 is 2.20 bits per heavy atom. The predicted octanol–water partition coefficient (Wildman–Crippen LogP) is 4.54. The lowest BCUT2D eigenvalue weighted by molar-refractivity contribution is 0.0993. The van der Waals surface area contributed by atoms with Crippen LogP contribution in [0.25, 0.3) is 0 Å². The fourth-order valence-corrected chi connectivity index (χ4v) is 3.37. The molecule has 78 valence electrons. The van der Waals surface area contributed by atoms with Crippen molar-refractivity contribution in [1.82, 2.24) is 0 Å².